The minimum absolute atomic E-state index is 0.0271. The van der Waals surface area contributed by atoms with Crippen molar-refractivity contribution in [3.63, 3.8) is 0 Å². The van der Waals surface area contributed by atoms with Gasteiger partial charge < -0.3 is 9.84 Å². The molecule has 0 bridgehead atoms. The van der Waals surface area contributed by atoms with Crippen LogP contribution in [0.15, 0.2) is 54.6 Å². The number of ether oxygens (including phenoxy) is 1. The third kappa shape index (κ3) is 6.30. The largest absolute Gasteiger partial charge is 0.479 e. The maximum absolute atomic E-state index is 12.2. The van der Waals surface area contributed by atoms with Gasteiger partial charge >= 0.3 is 5.97 Å². The molecule has 0 unspecified atom stereocenters. The average molecular weight is 469 g/mol. The number of ketones is 1. The average Bonchev–Trinajstić information content (AvgIpc) is 3.17. The van der Waals surface area contributed by atoms with Gasteiger partial charge in [0, 0.05) is 22.9 Å². The fourth-order valence-electron chi connectivity index (χ4n) is 3.24. The number of hydrogen-bond acceptors (Lipinski definition) is 4. The number of hydrogen-bond donors (Lipinski definition) is 1. The fourth-order valence-corrected chi connectivity index (χ4v) is 3.44. The molecule has 2 aromatic carbocycles. The maximum atomic E-state index is 12.2. The van der Waals surface area contributed by atoms with E-state index in [2.05, 4.69) is 5.10 Å². The summed E-state index contributed by atoms with van der Waals surface area (Å²) in [5, 5.41) is 14.6. The number of benzene rings is 2. The Morgan fingerprint density at radius 3 is 2.52 bits per heavy atom. The van der Waals surface area contributed by atoms with Gasteiger partial charge in [0.25, 0.3) is 0 Å². The molecule has 0 aliphatic heterocycles. The van der Waals surface area contributed by atoms with E-state index >= 15 is 0 Å². The quantitative estimate of drug-likeness (QED) is 0.431. The van der Waals surface area contributed by atoms with Crippen LogP contribution in [-0.2, 0) is 33.9 Å². The number of aromatic nitrogens is 2. The zero-order chi connectivity index (χ0) is 24.2. The van der Waals surface area contributed by atoms with E-state index in [1.54, 1.807) is 0 Å². The monoisotopic (exact) mass is 468 g/mol. The Kier molecular flexibility index (Phi) is 7.72. The lowest BCUT2D eigenvalue weighted by Gasteiger charge is -2.19. The van der Waals surface area contributed by atoms with Gasteiger partial charge in [0.1, 0.15) is 5.78 Å². The van der Waals surface area contributed by atoms with Gasteiger partial charge in [-0.25, -0.2) is 4.79 Å². The standard InChI is InChI=1S/C26H29ClN2O4/c1-17(2)24(30)13-18-8-7-10-19(12-18)23-14-21(16-33-26(3,4)25(31)32)28-29(23)15-20-9-5-6-11-22(20)27/h5-12,14,17H,13,15-16H2,1-4H3,(H,31,32). The Hall–Kier alpha value is -2.96. The molecule has 0 amide bonds. The summed E-state index contributed by atoms with van der Waals surface area (Å²) in [6, 6.07) is 17.3. The molecule has 0 spiro atoms. The van der Waals surface area contributed by atoms with Gasteiger partial charge in [0.05, 0.1) is 24.5 Å². The van der Waals surface area contributed by atoms with Gasteiger partial charge in [-0.2, -0.15) is 5.10 Å². The van der Waals surface area contributed by atoms with Crippen molar-refractivity contribution < 1.29 is 19.4 Å². The number of rotatable bonds is 10. The normalized spacial score (nSPS) is 11.7. The molecule has 1 aromatic heterocycles. The van der Waals surface area contributed by atoms with Crippen LogP contribution in [0.4, 0.5) is 0 Å². The van der Waals surface area contributed by atoms with Crippen molar-refractivity contribution in [2.24, 2.45) is 5.92 Å². The molecule has 0 aliphatic rings. The van der Waals surface area contributed by atoms with Crippen LogP contribution in [0.2, 0.25) is 5.02 Å². The highest BCUT2D eigenvalue weighted by molar-refractivity contribution is 6.31. The SMILES string of the molecule is CC(C)C(=O)Cc1cccc(-c2cc(COC(C)(C)C(=O)O)nn2Cc2ccccc2Cl)c1. The summed E-state index contributed by atoms with van der Waals surface area (Å²) in [5.41, 5.74) is 2.86. The van der Waals surface area contributed by atoms with Gasteiger partial charge in [-0.3, -0.25) is 9.48 Å². The van der Waals surface area contributed by atoms with Crippen LogP contribution in [-0.4, -0.2) is 32.2 Å². The summed E-state index contributed by atoms with van der Waals surface area (Å²) in [4.78, 5) is 23.6. The zero-order valence-corrected chi connectivity index (χ0v) is 20.1. The van der Waals surface area contributed by atoms with Crippen LogP contribution in [0, 0.1) is 5.92 Å². The third-order valence-electron chi connectivity index (χ3n) is 5.45. The van der Waals surface area contributed by atoms with Crippen LogP contribution in [0.3, 0.4) is 0 Å². The summed E-state index contributed by atoms with van der Waals surface area (Å²) in [7, 11) is 0. The first kappa shape index (κ1) is 24.7. The lowest BCUT2D eigenvalue weighted by Crippen LogP contribution is -2.34. The minimum atomic E-state index is -1.33. The van der Waals surface area contributed by atoms with Crippen molar-refractivity contribution in [1.29, 1.82) is 0 Å². The number of carboxylic acids is 1. The Bertz CT molecular complexity index is 1150. The number of halogens is 1. The highest BCUT2D eigenvalue weighted by atomic mass is 35.5. The first-order valence-electron chi connectivity index (χ1n) is 10.9. The van der Waals surface area contributed by atoms with Gasteiger partial charge in [0.2, 0.25) is 0 Å². The van der Waals surface area contributed by atoms with E-state index in [9.17, 15) is 14.7 Å². The molecule has 3 aromatic rings. The van der Waals surface area contributed by atoms with Gasteiger partial charge in [-0.1, -0.05) is 61.8 Å². The molecule has 6 nitrogen and oxygen atoms in total. The smallest absolute Gasteiger partial charge is 0.335 e. The predicted octanol–water partition coefficient (Wildman–Crippen LogP) is 5.40. The highest BCUT2D eigenvalue weighted by Gasteiger charge is 2.28. The number of carboxylic acid groups (broad SMARTS) is 1. The molecule has 0 saturated carbocycles. The van der Waals surface area contributed by atoms with Crippen molar-refractivity contribution in [2.75, 3.05) is 0 Å². The summed E-state index contributed by atoms with van der Waals surface area (Å²) >= 11 is 6.38. The van der Waals surface area contributed by atoms with E-state index in [0.29, 0.717) is 23.7 Å². The van der Waals surface area contributed by atoms with E-state index in [4.69, 9.17) is 16.3 Å². The van der Waals surface area contributed by atoms with Gasteiger partial charge in [0.15, 0.2) is 5.60 Å². The van der Waals surface area contributed by atoms with Crippen LogP contribution >= 0.6 is 11.6 Å². The van der Waals surface area contributed by atoms with E-state index in [-0.39, 0.29) is 18.3 Å². The maximum Gasteiger partial charge on any atom is 0.335 e. The van der Waals surface area contributed by atoms with Crippen molar-refractivity contribution in [1.82, 2.24) is 9.78 Å². The third-order valence-corrected chi connectivity index (χ3v) is 5.82. The molecule has 1 heterocycles. The lowest BCUT2D eigenvalue weighted by atomic mass is 9.99. The molecule has 3 rings (SSSR count). The first-order chi connectivity index (χ1) is 15.6. The molecule has 0 aliphatic carbocycles. The molecule has 33 heavy (non-hydrogen) atoms. The molecule has 0 atom stereocenters. The van der Waals surface area contributed by atoms with Crippen molar-refractivity contribution in [3.05, 3.63) is 76.4 Å². The second kappa shape index (κ2) is 10.3. The Morgan fingerprint density at radius 1 is 1.12 bits per heavy atom. The van der Waals surface area contributed by atoms with E-state index < -0.39 is 11.6 Å². The molecule has 0 radical (unpaired) electrons. The topological polar surface area (TPSA) is 81.4 Å². The second-order valence-electron chi connectivity index (χ2n) is 8.87. The van der Waals surface area contributed by atoms with Crippen LogP contribution in [0.1, 0.15) is 44.5 Å². The number of carbonyl (C=O) groups is 2. The molecule has 1 N–H and O–H groups in total. The number of carbonyl (C=O) groups excluding carboxylic acids is 1. The summed E-state index contributed by atoms with van der Waals surface area (Å²) in [6.45, 7) is 7.30. The molecule has 174 valence electrons. The molecule has 7 heteroatoms. The van der Waals surface area contributed by atoms with E-state index in [1.165, 1.54) is 13.8 Å². The number of aliphatic carboxylic acids is 1. The molecular weight excluding hydrogens is 440 g/mol. The number of Topliss-reactive ketones (excluding diaryl/α,β-unsaturated/α-hetero) is 1. The number of nitrogens with zero attached hydrogens (tertiary/aromatic N) is 2. The van der Waals surface area contributed by atoms with Crippen molar-refractivity contribution in [3.8, 4) is 11.3 Å². The molecule has 0 fully saturated rings. The van der Waals surface area contributed by atoms with Gasteiger partial charge in [-0.05, 0) is 43.2 Å². The molecular formula is C26H29ClN2O4. The second-order valence-corrected chi connectivity index (χ2v) is 9.28. The van der Waals surface area contributed by atoms with E-state index in [0.717, 1.165) is 22.4 Å². The Labute approximate surface area is 199 Å². The van der Waals surface area contributed by atoms with E-state index in [1.807, 2.05) is 73.1 Å². The Morgan fingerprint density at radius 2 is 1.85 bits per heavy atom. The summed E-state index contributed by atoms with van der Waals surface area (Å²) in [6.07, 6.45) is 0.368. The highest BCUT2D eigenvalue weighted by Crippen LogP contribution is 2.26. The van der Waals surface area contributed by atoms with Crippen LogP contribution in [0.25, 0.3) is 11.3 Å². The Balaban J connectivity index is 1.96. The van der Waals surface area contributed by atoms with Crippen molar-refractivity contribution >= 4 is 23.4 Å². The van der Waals surface area contributed by atoms with Crippen LogP contribution < -0.4 is 0 Å². The van der Waals surface area contributed by atoms with Gasteiger partial charge in [-0.15, -0.1) is 0 Å². The molecule has 0 saturated heterocycles. The zero-order valence-electron chi connectivity index (χ0n) is 19.3. The predicted molar refractivity (Wildman–Crippen MR) is 128 cm³/mol. The van der Waals surface area contributed by atoms with Crippen molar-refractivity contribution in [2.45, 2.75) is 52.9 Å². The summed E-state index contributed by atoms with van der Waals surface area (Å²) < 4.78 is 7.44. The first-order valence-corrected chi connectivity index (χ1v) is 11.2. The lowest BCUT2D eigenvalue weighted by molar-refractivity contribution is -0.162. The fraction of sp³-hybridized carbons (Fsp3) is 0.346. The summed E-state index contributed by atoms with van der Waals surface area (Å²) in [5.74, 6) is -0.886. The van der Waals surface area contributed by atoms with Crippen LogP contribution in [0.5, 0.6) is 0 Å². The minimum Gasteiger partial charge on any atom is -0.479 e.